The van der Waals surface area contributed by atoms with Crippen molar-refractivity contribution in [3.05, 3.63) is 47.8 Å². The zero-order valence-corrected chi connectivity index (χ0v) is 23.6. The normalized spacial score (nSPS) is 21.4. The Morgan fingerprint density at radius 1 is 1.20 bits per heavy atom. The highest BCUT2D eigenvalue weighted by atomic mass is 16.5. The Hall–Kier alpha value is -3.92. The molecule has 3 aromatic heterocycles. The summed E-state index contributed by atoms with van der Waals surface area (Å²) in [7, 11) is 1.83. The minimum Gasteiger partial charge on any atom is -0.477 e. The first-order chi connectivity index (χ1) is 22.2. The summed E-state index contributed by atoms with van der Waals surface area (Å²) in [5.74, 6) is 1.67. The van der Waals surface area contributed by atoms with Crippen molar-refractivity contribution in [1.29, 1.82) is 0 Å². The van der Waals surface area contributed by atoms with Crippen molar-refractivity contribution in [2.45, 2.75) is 52.1 Å². The third kappa shape index (κ3) is 5.93. The number of fused-ring (bicyclic) bond motifs is 7. The predicted octanol–water partition coefficient (Wildman–Crippen LogP) is 4.95. The molecule has 6 rings (SSSR count). The summed E-state index contributed by atoms with van der Waals surface area (Å²) >= 11 is 0. The molecule has 4 aromatic rings. The van der Waals surface area contributed by atoms with E-state index < -0.39 is 20.0 Å². The molecule has 10 heteroatoms. The summed E-state index contributed by atoms with van der Waals surface area (Å²) in [6, 6.07) is 8.60. The molecule has 2 bridgehead atoms. The predicted molar refractivity (Wildman–Crippen MR) is 161 cm³/mol. The van der Waals surface area contributed by atoms with Crippen molar-refractivity contribution in [3.8, 4) is 17.1 Å². The number of imidazole rings is 1. The highest BCUT2D eigenvalue weighted by Gasteiger charge is 2.32. The Labute approximate surface area is 249 Å². The van der Waals surface area contributed by atoms with Crippen LogP contribution < -0.4 is 15.4 Å². The number of nitrogens with one attached hydrogen (secondary N) is 2. The van der Waals surface area contributed by atoms with Crippen LogP contribution >= 0.6 is 0 Å². The minimum atomic E-state index is -2.77. The van der Waals surface area contributed by atoms with Gasteiger partial charge in [-0.15, -0.1) is 0 Å². The molecule has 1 aromatic carbocycles. The molecule has 1 aliphatic heterocycles. The molecule has 0 saturated heterocycles. The number of aryl methyl sites for hydroxylation is 2. The molecule has 1 amide bonds. The highest BCUT2D eigenvalue weighted by Crippen LogP contribution is 2.41. The molecule has 0 spiro atoms. The molecule has 4 heterocycles. The molecule has 1 saturated carbocycles. The first-order valence-corrected chi connectivity index (χ1v) is 14.2. The van der Waals surface area contributed by atoms with Gasteiger partial charge >= 0.3 is 0 Å². The summed E-state index contributed by atoms with van der Waals surface area (Å²) < 4.78 is 56.1. The maximum atomic E-state index is 13.8. The number of rotatable bonds is 5. The standard InChI is InChI=1S/C31H40N8O2/c1-19-13-23-14-26(34-19)25-16-32-38(5)30(25)41-12-6-7-22(21-8-9-21)18-39-28-11-10-24(33-20(2)17-37(3)4)15-27(28)35-31(39)36-29(23)40/h10-11,13-16,20-22,33H,6-9,12,17-18H2,1-5H3,(H,35,36,40)/t20-,22-/m1/s1/i3D3,4D3. The molecule has 2 N–H and O–H groups in total. The first-order valence-electron chi connectivity index (χ1n) is 17.2. The van der Waals surface area contributed by atoms with E-state index in [1.54, 1.807) is 29.9 Å². The molecule has 1 fully saturated rings. The lowest BCUT2D eigenvalue weighted by molar-refractivity contribution is 0.102. The van der Waals surface area contributed by atoms with Gasteiger partial charge in [-0.05, 0) is 95.7 Å². The van der Waals surface area contributed by atoms with Crippen molar-refractivity contribution in [3.63, 3.8) is 0 Å². The van der Waals surface area contributed by atoms with E-state index in [1.807, 2.05) is 32.2 Å². The number of pyridine rings is 1. The zero-order valence-electron chi connectivity index (χ0n) is 29.6. The van der Waals surface area contributed by atoms with Gasteiger partial charge in [-0.2, -0.15) is 5.10 Å². The second kappa shape index (κ2) is 11.2. The van der Waals surface area contributed by atoms with Crippen LogP contribution in [0.15, 0.2) is 36.5 Å². The van der Waals surface area contributed by atoms with Crippen LogP contribution in [-0.4, -0.2) is 68.3 Å². The summed E-state index contributed by atoms with van der Waals surface area (Å²) in [6.07, 6.45) is 5.83. The zero-order chi connectivity index (χ0) is 33.7. The Bertz CT molecular complexity index is 1760. The number of nitrogens with zero attached hydrogens (tertiary/aromatic N) is 6. The monoisotopic (exact) mass is 562 g/mol. The molecule has 10 nitrogen and oxygen atoms in total. The lowest BCUT2D eigenvalue weighted by atomic mass is 9.97. The van der Waals surface area contributed by atoms with Gasteiger partial charge in [0, 0.05) is 51.3 Å². The van der Waals surface area contributed by atoms with Crippen LogP contribution in [-0.2, 0) is 13.6 Å². The highest BCUT2D eigenvalue weighted by molar-refractivity contribution is 6.05. The third-order valence-corrected chi connectivity index (χ3v) is 7.88. The topological polar surface area (TPSA) is 102 Å². The molecule has 216 valence electrons. The number of likely N-dealkylation sites (N-methyl/N-ethyl adjacent to an activating group) is 1. The van der Waals surface area contributed by atoms with Gasteiger partial charge in [-0.3, -0.25) is 15.1 Å². The fourth-order valence-corrected chi connectivity index (χ4v) is 5.78. The first kappa shape index (κ1) is 20.9. The Balaban J connectivity index is 1.34. The van der Waals surface area contributed by atoms with Crippen LogP contribution in [0.25, 0.3) is 22.3 Å². The maximum absolute atomic E-state index is 13.8. The van der Waals surface area contributed by atoms with Crippen LogP contribution in [0.4, 0.5) is 11.6 Å². The number of hydrogen-bond acceptors (Lipinski definition) is 7. The molecule has 0 unspecified atom stereocenters. The SMILES string of the molecule is [2H]C([2H])([2H])N(C[C@@H](C)Nc1ccc2c(c1)nc1n2C[C@H](C2CC2)CCCOc2c(cnn2C)-c2cc(cc(C)n2)C(=O)N1)C([2H])([2H])[2H]. The van der Waals surface area contributed by atoms with Gasteiger partial charge in [0.15, 0.2) is 0 Å². The molecular weight excluding hydrogens is 516 g/mol. The van der Waals surface area contributed by atoms with Gasteiger partial charge in [0.2, 0.25) is 11.8 Å². The lowest BCUT2D eigenvalue weighted by Crippen LogP contribution is -2.29. The van der Waals surface area contributed by atoms with E-state index in [2.05, 4.69) is 25.3 Å². The second-order valence-electron chi connectivity index (χ2n) is 11.3. The van der Waals surface area contributed by atoms with Crippen molar-refractivity contribution in [2.75, 3.05) is 37.7 Å². The van der Waals surface area contributed by atoms with Crippen molar-refractivity contribution >= 4 is 28.6 Å². The van der Waals surface area contributed by atoms with E-state index in [0.717, 1.165) is 36.8 Å². The number of hydrogen-bond donors (Lipinski definition) is 2. The molecular formula is C31H40N8O2. The fraction of sp³-hybridized carbons (Fsp3) is 0.484. The molecule has 2 aliphatic rings. The number of ether oxygens (including phenoxy) is 1. The van der Waals surface area contributed by atoms with Crippen molar-refractivity contribution < 1.29 is 17.8 Å². The van der Waals surface area contributed by atoms with Gasteiger partial charge in [0.1, 0.15) is 0 Å². The fourth-order valence-electron chi connectivity index (χ4n) is 5.78. The molecule has 0 radical (unpaired) electrons. The quantitative estimate of drug-likeness (QED) is 0.355. The number of carbonyl (C=O) groups excluding carboxylic acids is 1. The molecule has 1 aliphatic carbocycles. The Morgan fingerprint density at radius 3 is 2.85 bits per heavy atom. The van der Waals surface area contributed by atoms with Crippen molar-refractivity contribution in [1.82, 2.24) is 29.2 Å². The van der Waals surface area contributed by atoms with E-state index in [-0.39, 0.29) is 12.5 Å². The number of aromatic nitrogens is 5. The van der Waals surface area contributed by atoms with Gasteiger partial charge in [-0.1, -0.05) is 0 Å². The lowest BCUT2D eigenvalue weighted by Gasteiger charge is -2.20. The second-order valence-corrected chi connectivity index (χ2v) is 11.3. The summed E-state index contributed by atoms with van der Waals surface area (Å²) in [5, 5.41) is 10.7. The minimum absolute atomic E-state index is 0.221. The maximum Gasteiger partial charge on any atom is 0.258 e. The molecule has 2 atom stereocenters. The summed E-state index contributed by atoms with van der Waals surface area (Å²) in [4.78, 5) is 23.9. The Kier molecular flexibility index (Phi) is 5.68. The molecule has 41 heavy (non-hydrogen) atoms. The number of carbonyl (C=O) groups is 1. The average molecular weight is 563 g/mol. The largest absolute Gasteiger partial charge is 0.477 e. The van der Waals surface area contributed by atoms with Gasteiger partial charge in [0.25, 0.3) is 5.91 Å². The van der Waals surface area contributed by atoms with Crippen LogP contribution in [0, 0.1) is 18.8 Å². The van der Waals surface area contributed by atoms with Crippen LogP contribution in [0.3, 0.4) is 0 Å². The van der Waals surface area contributed by atoms with E-state index >= 15 is 0 Å². The van der Waals surface area contributed by atoms with Gasteiger partial charge in [-0.25, -0.2) is 9.67 Å². The van der Waals surface area contributed by atoms with E-state index in [1.165, 1.54) is 0 Å². The number of benzene rings is 1. The van der Waals surface area contributed by atoms with Gasteiger partial charge < -0.3 is 19.5 Å². The van der Waals surface area contributed by atoms with E-state index in [9.17, 15) is 4.79 Å². The van der Waals surface area contributed by atoms with E-state index in [0.29, 0.717) is 69.9 Å². The smallest absolute Gasteiger partial charge is 0.258 e. The summed E-state index contributed by atoms with van der Waals surface area (Å²) in [6.45, 7) is -0.992. The number of anilines is 2. The van der Waals surface area contributed by atoms with Crippen LogP contribution in [0.1, 0.15) is 56.9 Å². The van der Waals surface area contributed by atoms with E-state index in [4.69, 9.17) is 17.9 Å². The average Bonchev–Trinajstić information content (AvgIpc) is 3.68. The van der Waals surface area contributed by atoms with Crippen LogP contribution in [0.2, 0.25) is 0 Å². The van der Waals surface area contributed by atoms with Gasteiger partial charge in [0.05, 0.1) is 35.1 Å². The third-order valence-electron chi connectivity index (χ3n) is 7.88. The summed E-state index contributed by atoms with van der Waals surface area (Å²) in [5.41, 5.74) is 4.57. The number of amides is 1. The van der Waals surface area contributed by atoms with Crippen molar-refractivity contribution in [2.24, 2.45) is 18.9 Å². The van der Waals surface area contributed by atoms with Crippen LogP contribution in [0.5, 0.6) is 5.88 Å². The Morgan fingerprint density at radius 2 is 2.05 bits per heavy atom.